The quantitative estimate of drug-likeness (QED) is 0.774. The average molecular weight is 384 g/mol. The highest BCUT2D eigenvalue weighted by molar-refractivity contribution is 6.02. The Morgan fingerprint density at radius 3 is 2.64 bits per heavy atom. The fourth-order valence-corrected chi connectivity index (χ4v) is 3.59. The van der Waals surface area contributed by atoms with Crippen LogP contribution in [0, 0.1) is 11.8 Å². The van der Waals surface area contributed by atoms with E-state index in [1.165, 1.54) is 6.20 Å². The topological polar surface area (TPSA) is 90.5 Å². The lowest BCUT2D eigenvalue weighted by molar-refractivity contribution is -0.133. The lowest BCUT2D eigenvalue weighted by Gasteiger charge is -2.32. The van der Waals surface area contributed by atoms with Gasteiger partial charge < -0.3 is 15.4 Å². The van der Waals surface area contributed by atoms with Gasteiger partial charge in [-0.2, -0.15) is 5.10 Å². The number of likely N-dealkylation sites (tertiary alicyclic amines) is 1. The fraction of sp³-hybridized carbons (Fsp3) is 0.476. The highest BCUT2D eigenvalue weighted by Gasteiger charge is 2.31. The lowest BCUT2D eigenvalue weighted by Crippen LogP contribution is -2.42. The maximum atomic E-state index is 13.1. The predicted octanol–water partition coefficient (Wildman–Crippen LogP) is 2.93. The van der Waals surface area contributed by atoms with Crippen LogP contribution in [0.15, 0.2) is 30.5 Å². The minimum absolute atomic E-state index is 0.0423. The van der Waals surface area contributed by atoms with Gasteiger partial charge in [-0.05, 0) is 43.0 Å². The molecule has 7 nitrogen and oxygen atoms in total. The van der Waals surface area contributed by atoms with Crippen molar-refractivity contribution in [1.82, 2.24) is 14.7 Å². The maximum absolute atomic E-state index is 13.1. The molecule has 0 radical (unpaired) electrons. The number of anilines is 1. The lowest BCUT2D eigenvalue weighted by atomic mass is 9.90. The Labute approximate surface area is 165 Å². The van der Waals surface area contributed by atoms with Crippen LogP contribution >= 0.6 is 0 Å². The summed E-state index contributed by atoms with van der Waals surface area (Å²) in [6.45, 7) is 5.23. The molecule has 1 aromatic carbocycles. The number of nitrogens with zero attached hydrogens (tertiary/aromatic N) is 3. The number of hydrogen-bond acceptors (Lipinski definition) is 5. The number of ketones is 1. The molecule has 3 rings (SSSR count). The summed E-state index contributed by atoms with van der Waals surface area (Å²) in [5, 5.41) is 4.30. The van der Waals surface area contributed by atoms with Gasteiger partial charge in [0.05, 0.1) is 24.6 Å². The first-order chi connectivity index (χ1) is 13.4. The SMILES string of the molecule is COc1ccc(-n2ncc(C(=O)C3CCCN(C(=O)CC(C)C)C3)c2N)cc1. The number of piperidine rings is 1. The standard InChI is InChI=1S/C21H28N4O3/c1-14(2)11-19(26)24-10-4-5-15(13-24)20(27)18-12-23-25(21(18)22)16-6-8-17(28-3)9-7-16/h6-9,12,14-15H,4-5,10-11,13,22H2,1-3H3. The number of rotatable bonds is 6. The molecule has 2 heterocycles. The molecule has 0 aliphatic carbocycles. The third-order valence-corrected chi connectivity index (χ3v) is 5.12. The molecule has 0 bridgehead atoms. The van der Waals surface area contributed by atoms with E-state index < -0.39 is 0 Å². The van der Waals surface area contributed by atoms with E-state index in [1.54, 1.807) is 11.8 Å². The molecule has 1 atom stereocenters. The van der Waals surface area contributed by atoms with Gasteiger partial charge in [0.25, 0.3) is 0 Å². The van der Waals surface area contributed by atoms with Gasteiger partial charge in [0.2, 0.25) is 5.91 Å². The van der Waals surface area contributed by atoms with Gasteiger partial charge >= 0.3 is 0 Å². The number of nitrogen functional groups attached to an aromatic ring is 1. The molecular formula is C21H28N4O3. The normalized spacial score (nSPS) is 17.0. The molecule has 1 saturated heterocycles. The van der Waals surface area contributed by atoms with E-state index >= 15 is 0 Å². The van der Waals surface area contributed by atoms with Crippen LogP contribution in [0.25, 0.3) is 5.69 Å². The number of carbonyl (C=O) groups excluding carboxylic acids is 2. The Morgan fingerprint density at radius 2 is 2.00 bits per heavy atom. The number of amides is 1. The first-order valence-corrected chi connectivity index (χ1v) is 9.70. The van der Waals surface area contributed by atoms with Crippen LogP contribution in [0.5, 0.6) is 5.75 Å². The third kappa shape index (κ3) is 4.18. The van der Waals surface area contributed by atoms with Crippen LogP contribution in [0.4, 0.5) is 5.82 Å². The smallest absolute Gasteiger partial charge is 0.222 e. The minimum atomic E-state index is -0.235. The average Bonchev–Trinajstić information content (AvgIpc) is 3.08. The predicted molar refractivity (Wildman–Crippen MR) is 108 cm³/mol. The van der Waals surface area contributed by atoms with E-state index in [-0.39, 0.29) is 17.6 Å². The summed E-state index contributed by atoms with van der Waals surface area (Å²) in [4.78, 5) is 27.3. The summed E-state index contributed by atoms with van der Waals surface area (Å²) in [5.41, 5.74) is 7.42. The summed E-state index contributed by atoms with van der Waals surface area (Å²) in [6, 6.07) is 7.31. The van der Waals surface area contributed by atoms with Crippen molar-refractivity contribution in [2.45, 2.75) is 33.1 Å². The van der Waals surface area contributed by atoms with Crippen LogP contribution < -0.4 is 10.5 Å². The molecule has 1 amide bonds. The summed E-state index contributed by atoms with van der Waals surface area (Å²) < 4.78 is 6.72. The zero-order valence-electron chi connectivity index (χ0n) is 16.7. The third-order valence-electron chi connectivity index (χ3n) is 5.12. The largest absolute Gasteiger partial charge is 0.497 e. The minimum Gasteiger partial charge on any atom is -0.497 e. The number of aromatic nitrogens is 2. The highest BCUT2D eigenvalue weighted by Crippen LogP contribution is 2.26. The number of nitrogens with two attached hydrogens (primary N) is 1. The maximum Gasteiger partial charge on any atom is 0.222 e. The Kier molecular flexibility index (Phi) is 6.02. The second-order valence-corrected chi connectivity index (χ2v) is 7.69. The molecule has 0 saturated carbocycles. The number of carbonyl (C=O) groups is 2. The van der Waals surface area contributed by atoms with Crippen LogP contribution in [-0.2, 0) is 4.79 Å². The van der Waals surface area contributed by atoms with Crippen molar-refractivity contribution < 1.29 is 14.3 Å². The van der Waals surface area contributed by atoms with Crippen molar-refractivity contribution in [3.63, 3.8) is 0 Å². The van der Waals surface area contributed by atoms with Crippen LogP contribution in [0.1, 0.15) is 43.5 Å². The zero-order valence-corrected chi connectivity index (χ0v) is 16.7. The number of hydrogen-bond donors (Lipinski definition) is 1. The van der Waals surface area contributed by atoms with Gasteiger partial charge in [0.1, 0.15) is 11.6 Å². The number of benzene rings is 1. The number of methoxy groups -OCH3 is 1. The van der Waals surface area contributed by atoms with Crippen molar-refractivity contribution in [2.24, 2.45) is 11.8 Å². The molecule has 1 fully saturated rings. The van der Waals surface area contributed by atoms with Gasteiger partial charge in [0.15, 0.2) is 5.78 Å². The monoisotopic (exact) mass is 384 g/mol. The summed E-state index contributed by atoms with van der Waals surface area (Å²) in [7, 11) is 1.60. The van der Waals surface area contributed by atoms with Crippen molar-refractivity contribution in [1.29, 1.82) is 0 Å². The number of Topliss-reactive ketones (excluding diaryl/α,β-unsaturated/α-hetero) is 1. The summed E-state index contributed by atoms with van der Waals surface area (Å²) in [6.07, 6.45) is 3.62. The molecule has 1 unspecified atom stereocenters. The highest BCUT2D eigenvalue weighted by atomic mass is 16.5. The summed E-state index contributed by atoms with van der Waals surface area (Å²) in [5.74, 6) is 1.20. The molecule has 1 aromatic heterocycles. The number of ether oxygens (including phenoxy) is 1. The molecule has 2 aromatic rings. The Balaban J connectivity index is 1.75. The van der Waals surface area contributed by atoms with E-state index in [2.05, 4.69) is 5.10 Å². The van der Waals surface area contributed by atoms with Gasteiger partial charge in [-0.1, -0.05) is 13.8 Å². The molecule has 2 N–H and O–H groups in total. The van der Waals surface area contributed by atoms with Gasteiger partial charge in [-0.15, -0.1) is 0 Å². The molecule has 150 valence electrons. The Bertz CT molecular complexity index is 842. The molecule has 1 aliphatic rings. The van der Waals surface area contributed by atoms with E-state index in [0.29, 0.717) is 30.3 Å². The second-order valence-electron chi connectivity index (χ2n) is 7.69. The van der Waals surface area contributed by atoms with Crippen molar-refractivity contribution in [3.05, 3.63) is 36.0 Å². The van der Waals surface area contributed by atoms with Gasteiger partial charge in [-0.25, -0.2) is 4.68 Å². The van der Waals surface area contributed by atoms with E-state index in [0.717, 1.165) is 30.8 Å². The molecule has 1 aliphatic heterocycles. The van der Waals surface area contributed by atoms with Crippen molar-refractivity contribution >= 4 is 17.5 Å². The van der Waals surface area contributed by atoms with E-state index in [1.807, 2.05) is 43.0 Å². The van der Waals surface area contributed by atoms with E-state index in [4.69, 9.17) is 10.5 Å². The second kappa shape index (κ2) is 8.46. The van der Waals surface area contributed by atoms with Gasteiger partial charge in [-0.3, -0.25) is 9.59 Å². The molecule has 0 spiro atoms. The Hall–Kier alpha value is -2.83. The van der Waals surface area contributed by atoms with Crippen LogP contribution in [0.2, 0.25) is 0 Å². The summed E-state index contributed by atoms with van der Waals surface area (Å²) >= 11 is 0. The molecule has 28 heavy (non-hydrogen) atoms. The Morgan fingerprint density at radius 1 is 1.29 bits per heavy atom. The first kappa shape index (κ1) is 19.9. The molecular weight excluding hydrogens is 356 g/mol. The van der Waals surface area contributed by atoms with Crippen LogP contribution in [0.3, 0.4) is 0 Å². The van der Waals surface area contributed by atoms with Crippen LogP contribution in [-0.4, -0.2) is 46.6 Å². The van der Waals surface area contributed by atoms with E-state index in [9.17, 15) is 9.59 Å². The van der Waals surface area contributed by atoms with Gasteiger partial charge in [0, 0.05) is 25.4 Å². The molecule has 7 heteroatoms. The first-order valence-electron chi connectivity index (χ1n) is 9.70. The zero-order chi connectivity index (χ0) is 20.3. The van der Waals surface area contributed by atoms with Crippen molar-refractivity contribution in [2.75, 3.05) is 25.9 Å². The fourth-order valence-electron chi connectivity index (χ4n) is 3.59. The van der Waals surface area contributed by atoms with Crippen molar-refractivity contribution in [3.8, 4) is 11.4 Å².